The van der Waals surface area contributed by atoms with Crippen LogP contribution in [0.3, 0.4) is 0 Å². The molecule has 440 valence electrons. The quantitative estimate of drug-likeness (QED) is 0.0243. The predicted molar refractivity (Wildman–Crippen MR) is 336 cm³/mol. The van der Waals surface area contributed by atoms with Crippen molar-refractivity contribution in [2.24, 2.45) is 0 Å². The molecule has 9 heteroatoms. The lowest BCUT2D eigenvalue weighted by molar-refractivity contribution is -0.870. The molecule has 0 aliphatic carbocycles. The van der Waals surface area contributed by atoms with Crippen molar-refractivity contribution in [1.29, 1.82) is 0 Å². The molecule has 3 atom stereocenters. The van der Waals surface area contributed by atoms with Gasteiger partial charge in [-0.3, -0.25) is 13.8 Å². The van der Waals surface area contributed by atoms with Crippen LogP contribution in [-0.2, 0) is 18.4 Å². The minimum atomic E-state index is -4.37. The number of allylic oxidation sites excluding steroid dienone is 21. The van der Waals surface area contributed by atoms with Crippen LogP contribution in [0.25, 0.3) is 0 Å². The summed E-state index contributed by atoms with van der Waals surface area (Å²) >= 11 is 0. The molecule has 0 saturated carbocycles. The van der Waals surface area contributed by atoms with E-state index in [2.05, 4.69) is 141 Å². The Morgan fingerprint density at radius 2 is 0.779 bits per heavy atom. The monoisotopic (exact) mass is 1090 g/mol. The van der Waals surface area contributed by atoms with Gasteiger partial charge >= 0.3 is 7.82 Å². The number of aliphatic hydroxyl groups excluding tert-OH is 1. The highest BCUT2D eigenvalue weighted by Crippen LogP contribution is 2.43. The second-order valence-electron chi connectivity index (χ2n) is 21.7. The summed E-state index contributed by atoms with van der Waals surface area (Å²) in [6.45, 7) is 4.67. The summed E-state index contributed by atoms with van der Waals surface area (Å²) in [5.41, 5.74) is 0. The number of phosphoric ester groups is 1. The fraction of sp³-hybridized carbons (Fsp3) is 0.662. The average molecular weight is 1090 g/mol. The molecule has 0 aromatic rings. The number of aliphatic hydroxyl groups is 1. The van der Waals surface area contributed by atoms with Crippen LogP contribution in [0.4, 0.5) is 0 Å². The Balaban J connectivity index is 4.32. The summed E-state index contributed by atoms with van der Waals surface area (Å²) in [6, 6.07) is -0.881. The number of nitrogens with zero attached hydrogens (tertiary/aromatic N) is 1. The lowest BCUT2D eigenvalue weighted by atomic mass is 10.0. The van der Waals surface area contributed by atoms with E-state index in [0.29, 0.717) is 23.9 Å². The molecule has 0 aromatic heterocycles. The van der Waals surface area contributed by atoms with Crippen molar-refractivity contribution in [3.05, 3.63) is 134 Å². The number of unbranched alkanes of at least 4 members (excludes halogenated alkanes) is 22. The summed E-state index contributed by atoms with van der Waals surface area (Å²) in [7, 11) is 1.53. The summed E-state index contributed by atoms with van der Waals surface area (Å²) in [6.07, 6.45) is 87.1. The minimum Gasteiger partial charge on any atom is -0.387 e. The van der Waals surface area contributed by atoms with Gasteiger partial charge in [-0.1, -0.05) is 270 Å². The van der Waals surface area contributed by atoms with Crippen molar-refractivity contribution in [3.63, 3.8) is 0 Å². The largest absolute Gasteiger partial charge is 0.472 e. The van der Waals surface area contributed by atoms with Crippen LogP contribution in [0.1, 0.15) is 239 Å². The topological polar surface area (TPSA) is 105 Å². The van der Waals surface area contributed by atoms with Gasteiger partial charge in [0.25, 0.3) is 0 Å². The zero-order valence-electron chi connectivity index (χ0n) is 50.1. The molecule has 1 amide bonds. The van der Waals surface area contributed by atoms with E-state index in [-0.39, 0.29) is 19.1 Å². The van der Waals surface area contributed by atoms with Crippen LogP contribution in [-0.4, -0.2) is 73.4 Å². The summed E-state index contributed by atoms with van der Waals surface area (Å²) in [4.78, 5) is 23.3. The van der Waals surface area contributed by atoms with Gasteiger partial charge in [-0.2, -0.15) is 0 Å². The number of carbonyl (C=O) groups excluding carboxylic acids is 1. The number of likely N-dealkylation sites (N-methyl/N-ethyl adjacent to an activating group) is 1. The Morgan fingerprint density at radius 1 is 0.455 bits per heavy atom. The Labute approximate surface area is 475 Å². The third kappa shape index (κ3) is 60.1. The minimum absolute atomic E-state index is 0.0457. The standard InChI is InChI=1S/C68H117N2O6P/c1-6-8-10-12-14-16-18-20-22-24-26-28-30-31-32-33-34-35-36-37-38-39-40-42-44-46-48-50-52-54-56-58-60-62-68(72)69-66(65-76-77(73,74)75-64-63-70(3,4)5)67(71)61-59-57-55-53-51-49-47-45-43-41-29-27-25-23-21-19-17-15-13-11-9-7-2/h8,10,14,16,20,22,26,28,31-32,34-35,37-38,40,42,46,48,52,54,59,61,66-67,71H,6-7,9,11-13,15,17-19,21,23-25,27,29-30,33,36,39,41,43-45,47,49-51,53,55-58,60,62-65H2,1-5H3,(H-,69,72,73,74)/p+1/b10-8-,16-14-,22-20-,28-26-,32-31-,35-34-,38-37-,42-40-,48-46-,54-52-,61-59+. The zero-order chi connectivity index (χ0) is 56.3. The highest BCUT2D eigenvalue weighted by atomic mass is 31.2. The zero-order valence-corrected chi connectivity index (χ0v) is 51.0. The van der Waals surface area contributed by atoms with Crippen molar-refractivity contribution in [2.45, 2.75) is 251 Å². The van der Waals surface area contributed by atoms with Crippen LogP contribution < -0.4 is 5.32 Å². The van der Waals surface area contributed by atoms with Crippen molar-refractivity contribution in [1.82, 2.24) is 5.32 Å². The van der Waals surface area contributed by atoms with Crippen LogP contribution >= 0.6 is 7.82 Å². The molecule has 3 unspecified atom stereocenters. The van der Waals surface area contributed by atoms with Gasteiger partial charge in [-0.25, -0.2) is 4.57 Å². The molecule has 0 spiro atoms. The molecule has 77 heavy (non-hydrogen) atoms. The highest BCUT2D eigenvalue weighted by Gasteiger charge is 2.27. The van der Waals surface area contributed by atoms with Crippen LogP contribution in [0.2, 0.25) is 0 Å². The Hall–Kier alpha value is -3.36. The molecular formula is C68H118N2O6P+. The molecule has 0 saturated heterocycles. The smallest absolute Gasteiger partial charge is 0.387 e. The molecule has 0 aliphatic rings. The van der Waals surface area contributed by atoms with E-state index in [0.717, 1.165) is 96.3 Å². The Bertz CT molecular complexity index is 1710. The first-order chi connectivity index (χ1) is 37.5. The predicted octanol–water partition coefficient (Wildman–Crippen LogP) is 19.5. The molecule has 0 fully saturated rings. The SMILES string of the molecule is CC/C=C\C/C=C\C/C=C\C/C=C\C/C=C\C/C=C\C/C=C\C/C=C\C/C=C\C/C=C\CCCCC(=O)NC(COP(=O)(O)OCC[N+](C)(C)C)C(O)/C=C/CCCCCCCCCCCCCCCCCCCCCC. The number of carbonyl (C=O) groups is 1. The average Bonchev–Trinajstić information content (AvgIpc) is 3.39. The molecule has 0 bridgehead atoms. The number of nitrogens with one attached hydrogen (secondary N) is 1. The number of amides is 1. The maximum atomic E-state index is 13.0. The number of hydrogen-bond donors (Lipinski definition) is 3. The summed E-state index contributed by atoms with van der Waals surface area (Å²) < 4.78 is 23.7. The molecule has 0 radical (unpaired) electrons. The molecule has 3 N–H and O–H groups in total. The molecule has 8 nitrogen and oxygen atoms in total. The number of hydrogen-bond acceptors (Lipinski definition) is 5. The van der Waals surface area contributed by atoms with Crippen LogP contribution in [0, 0.1) is 0 Å². The highest BCUT2D eigenvalue weighted by molar-refractivity contribution is 7.47. The van der Waals surface area contributed by atoms with E-state index in [1.165, 1.54) is 116 Å². The Morgan fingerprint density at radius 3 is 1.14 bits per heavy atom. The van der Waals surface area contributed by atoms with Crippen molar-refractivity contribution < 1.29 is 32.9 Å². The van der Waals surface area contributed by atoms with Crippen molar-refractivity contribution in [3.8, 4) is 0 Å². The van der Waals surface area contributed by atoms with E-state index >= 15 is 0 Å². The maximum Gasteiger partial charge on any atom is 0.472 e. The van der Waals surface area contributed by atoms with Crippen LogP contribution in [0.15, 0.2) is 134 Å². The molecule has 0 rings (SSSR count). The van der Waals surface area contributed by atoms with Gasteiger partial charge in [0.05, 0.1) is 39.9 Å². The first-order valence-electron chi connectivity index (χ1n) is 31.1. The Kier molecular flexibility index (Phi) is 54.8. The van der Waals surface area contributed by atoms with Gasteiger partial charge in [0, 0.05) is 6.42 Å². The fourth-order valence-corrected chi connectivity index (χ4v) is 9.04. The van der Waals surface area contributed by atoms with Gasteiger partial charge in [-0.05, 0) is 96.3 Å². The summed E-state index contributed by atoms with van der Waals surface area (Å²) in [5.74, 6) is -0.223. The fourth-order valence-electron chi connectivity index (χ4n) is 8.30. The van der Waals surface area contributed by atoms with Gasteiger partial charge in [-0.15, -0.1) is 0 Å². The van der Waals surface area contributed by atoms with E-state index in [4.69, 9.17) is 9.05 Å². The van der Waals surface area contributed by atoms with E-state index < -0.39 is 20.0 Å². The molecular weight excluding hydrogens is 972 g/mol. The normalized spacial score (nSPS) is 14.7. The lowest BCUT2D eigenvalue weighted by Gasteiger charge is -2.25. The second kappa shape index (κ2) is 57.3. The van der Waals surface area contributed by atoms with Crippen molar-refractivity contribution in [2.75, 3.05) is 40.9 Å². The van der Waals surface area contributed by atoms with Gasteiger partial charge in [0.2, 0.25) is 5.91 Å². The molecule has 0 heterocycles. The molecule has 0 aromatic carbocycles. The second-order valence-corrected chi connectivity index (χ2v) is 23.2. The van der Waals surface area contributed by atoms with E-state index in [1.807, 2.05) is 27.2 Å². The van der Waals surface area contributed by atoms with E-state index in [9.17, 15) is 19.4 Å². The lowest BCUT2D eigenvalue weighted by Crippen LogP contribution is -2.45. The summed E-state index contributed by atoms with van der Waals surface area (Å²) in [5, 5.41) is 13.9. The van der Waals surface area contributed by atoms with Gasteiger partial charge in [0.1, 0.15) is 13.2 Å². The van der Waals surface area contributed by atoms with Gasteiger partial charge in [0.15, 0.2) is 0 Å². The number of rotatable bonds is 55. The third-order valence-corrected chi connectivity index (χ3v) is 14.1. The first kappa shape index (κ1) is 73.6. The van der Waals surface area contributed by atoms with E-state index in [1.54, 1.807) is 6.08 Å². The van der Waals surface area contributed by atoms with Gasteiger partial charge < -0.3 is 19.8 Å². The van der Waals surface area contributed by atoms with Crippen LogP contribution in [0.5, 0.6) is 0 Å². The number of quaternary nitrogens is 1. The molecule has 0 aliphatic heterocycles. The first-order valence-corrected chi connectivity index (χ1v) is 32.6. The van der Waals surface area contributed by atoms with Crippen molar-refractivity contribution >= 4 is 13.7 Å². The maximum absolute atomic E-state index is 13.0. The number of phosphoric acid groups is 1. The third-order valence-electron chi connectivity index (χ3n) is 13.1.